The molecule has 0 aliphatic rings. The van der Waals surface area contributed by atoms with E-state index in [0.717, 1.165) is 0 Å². The van der Waals surface area contributed by atoms with Crippen LogP contribution >= 0.6 is 34.8 Å². The van der Waals surface area contributed by atoms with E-state index in [2.05, 4.69) is 10.4 Å². The Morgan fingerprint density at radius 3 is 2.58 bits per heavy atom. The molecule has 0 aliphatic heterocycles. The van der Waals surface area contributed by atoms with Gasteiger partial charge in [-0.25, -0.2) is 0 Å². The molecular formula is C11H9Cl3N4O. The van der Waals surface area contributed by atoms with Crippen molar-refractivity contribution in [1.29, 1.82) is 0 Å². The third-order valence-corrected chi connectivity index (χ3v) is 3.29. The van der Waals surface area contributed by atoms with Crippen molar-refractivity contribution < 1.29 is 4.79 Å². The fourth-order valence-electron chi connectivity index (χ4n) is 1.42. The van der Waals surface area contributed by atoms with Crippen LogP contribution in [0.5, 0.6) is 0 Å². The molecule has 2 aromatic rings. The summed E-state index contributed by atoms with van der Waals surface area (Å²) >= 11 is 17.6. The van der Waals surface area contributed by atoms with Gasteiger partial charge in [0.2, 0.25) is 5.91 Å². The lowest BCUT2D eigenvalue weighted by Gasteiger charge is -2.08. The monoisotopic (exact) mass is 318 g/mol. The second-order valence-electron chi connectivity index (χ2n) is 3.73. The van der Waals surface area contributed by atoms with Gasteiger partial charge in [0.25, 0.3) is 0 Å². The average molecular weight is 320 g/mol. The standard InChI is InChI=1S/C11H9Cl3N4O/c12-6-3-8(14)9(4-7(6)13)16-11(19)5-18-2-1-10(15)17-18/h1-4H,5H2,(H2,15,17)(H,16,19). The van der Waals surface area contributed by atoms with Gasteiger partial charge in [0.1, 0.15) is 12.4 Å². The van der Waals surface area contributed by atoms with Crippen LogP contribution in [0.3, 0.4) is 0 Å². The minimum absolute atomic E-state index is 0.0216. The number of aromatic nitrogens is 2. The number of anilines is 2. The van der Waals surface area contributed by atoms with Crippen molar-refractivity contribution in [2.24, 2.45) is 0 Å². The van der Waals surface area contributed by atoms with Crippen molar-refractivity contribution in [3.8, 4) is 0 Å². The van der Waals surface area contributed by atoms with E-state index < -0.39 is 0 Å². The van der Waals surface area contributed by atoms with E-state index in [1.54, 1.807) is 12.3 Å². The normalized spacial score (nSPS) is 10.5. The molecule has 1 aromatic heterocycles. The van der Waals surface area contributed by atoms with Gasteiger partial charge in [-0.15, -0.1) is 0 Å². The highest BCUT2D eigenvalue weighted by atomic mass is 35.5. The van der Waals surface area contributed by atoms with Crippen molar-refractivity contribution in [2.75, 3.05) is 11.1 Å². The first-order chi connectivity index (χ1) is 8.95. The Hall–Kier alpha value is -1.43. The molecule has 0 unspecified atom stereocenters. The van der Waals surface area contributed by atoms with Crippen LogP contribution < -0.4 is 11.1 Å². The largest absolute Gasteiger partial charge is 0.382 e. The van der Waals surface area contributed by atoms with Gasteiger partial charge >= 0.3 is 0 Å². The molecule has 1 amide bonds. The molecule has 0 bridgehead atoms. The van der Waals surface area contributed by atoms with Crippen LogP contribution in [0.15, 0.2) is 24.4 Å². The lowest BCUT2D eigenvalue weighted by molar-refractivity contribution is -0.116. The summed E-state index contributed by atoms with van der Waals surface area (Å²) in [7, 11) is 0. The second kappa shape index (κ2) is 5.69. The maximum Gasteiger partial charge on any atom is 0.246 e. The van der Waals surface area contributed by atoms with E-state index in [9.17, 15) is 4.79 Å². The Kier molecular flexibility index (Phi) is 4.19. The zero-order valence-corrected chi connectivity index (χ0v) is 11.8. The summed E-state index contributed by atoms with van der Waals surface area (Å²) < 4.78 is 1.41. The smallest absolute Gasteiger partial charge is 0.246 e. The Labute approximate surface area is 124 Å². The van der Waals surface area contributed by atoms with Crippen LogP contribution in [-0.2, 0) is 11.3 Å². The number of rotatable bonds is 3. The number of halogens is 3. The first-order valence-electron chi connectivity index (χ1n) is 5.19. The molecule has 5 nitrogen and oxygen atoms in total. The number of carbonyl (C=O) groups excluding carboxylic acids is 1. The minimum Gasteiger partial charge on any atom is -0.382 e. The van der Waals surface area contributed by atoms with Crippen molar-refractivity contribution in [3.05, 3.63) is 39.5 Å². The number of hydrogen-bond donors (Lipinski definition) is 2. The quantitative estimate of drug-likeness (QED) is 0.854. The minimum atomic E-state index is -0.302. The van der Waals surface area contributed by atoms with Crippen molar-refractivity contribution in [3.63, 3.8) is 0 Å². The maximum absolute atomic E-state index is 11.8. The lowest BCUT2D eigenvalue weighted by atomic mass is 10.3. The van der Waals surface area contributed by atoms with E-state index in [-0.39, 0.29) is 12.5 Å². The number of amides is 1. The van der Waals surface area contributed by atoms with Crippen LogP contribution in [0.4, 0.5) is 11.5 Å². The summed E-state index contributed by atoms with van der Waals surface area (Å²) in [6.45, 7) is 0.0216. The lowest BCUT2D eigenvalue weighted by Crippen LogP contribution is -2.19. The van der Waals surface area contributed by atoms with Gasteiger partial charge in [0, 0.05) is 6.20 Å². The van der Waals surface area contributed by atoms with Gasteiger partial charge in [-0.2, -0.15) is 5.10 Å². The number of carbonyl (C=O) groups is 1. The number of nitrogen functional groups attached to an aromatic ring is 1. The molecule has 2 rings (SSSR count). The summed E-state index contributed by atoms with van der Waals surface area (Å²) in [5.74, 6) is 0.0451. The molecule has 0 saturated carbocycles. The van der Waals surface area contributed by atoms with Gasteiger partial charge < -0.3 is 11.1 Å². The Balaban J connectivity index is 2.09. The van der Waals surface area contributed by atoms with Gasteiger partial charge in [-0.05, 0) is 18.2 Å². The van der Waals surface area contributed by atoms with Crippen LogP contribution in [0.2, 0.25) is 15.1 Å². The number of nitrogens with zero attached hydrogens (tertiary/aromatic N) is 2. The zero-order valence-electron chi connectivity index (χ0n) is 9.53. The summed E-state index contributed by atoms with van der Waals surface area (Å²) in [6, 6.07) is 4.55. The molecule has 19 heavy (non-hydrogen) atoms. The second-order valence-corrected chi connectivity index (χ2v) is 4.95. The Morgan fingerprint density at radius 1 is 1.26 bits per heavy atom. The molecule has 8 heteroatoms. The van der Waals surface area contributed by atoms with Crippen LogP contribution in [-0.4, -0.2) is 15.7 Å². The predicted molar refractivity (Wildman–Crippen MR) is 76.7 cm³/mol. The Morgan fingerprint density at radius 2 is 1.95 bits per heavy atom. The third-order valence-electron chi connectivity index (χ3n) is 2.25. The van der Waals surface area contributed by atoms with E-state index in [0.29, 0.717) is 26.6 Å². The van der Waals surface area contributed by atoms with Crippen molar-refractivity contribution >= 4 is 52.2 Å². The number of hydrogen-bond acceptors (Lipinski definition) is 3. The summed E-state index contributed by atoms with van der Waals surface area (Å²) in [5, 5.41) is 7.46. The summed E-state index contributed by atoms with van der Waals surface area (Å²) in [4.78, 5) is 11.8. The SMILES string of the molecule is Nc1ccn(CC(=O)Nc2cc(Cl)c(Cl)cc2Cl)n1. The molecule has 0 atom stereocenters. The third kappa shape index (κ3) is 3.53. The van der Waals surface area contributed by atoms with Crippen LogP contribution in [0.1, 0.15) is 0 Å². The molecule has 0 fully saturated rings. The summed E-state index contributed by atoms with van der Waals surface area (Å²) in [6.07, 6.45) is 1.60. The topological polar surface area (TPSA) is 72.9 Å². The molecular weight excluding hydrogens is 311 g/mol. The van der Waals surface area contributed by atoms with E-state index in [1.807, 2.05) is 0 Å². The van der Waals surface area contributed by atoms with Gasteiger partial charge in [0.15, 0.2) is 0 Å². The molecule has 0 radical (unpaired) electrons. The van der Waals surface area contributed by atoms with Gasteiger partial charge in [-0.3, -0.25) is 9.48 Å². The number of nitrogens with two attached hydrogens (primary N) is 1. The van der Waals surface area contributed by atoms with E-state index in [1.165, 1.54) is 16.8 Å². The maximum atomic E-state index is 11.8. The molecule has 100 valence electrons. The highest BCUT2D eigenvalue weighted by Crippen LogP contribution is 2.32. The highest BCUT2D eigenvalue weighted by molar-refractivity contribution is 6.44. The van der Waals surface area contributed by atoms with Crippen molar-refractivity contribution in [1.82, 2.24) is 9.78 Å². The average Bonchev–Trinajstić information content (AvgIpc) is 2.71. The number of nitrogens with one attached hydrogen (secondary N) is 1. The Bertz CT molecular complexity index is 626. The summed E-state index contributed by atoms with van der Waals surface area (Å²) in [5.41, 5.74) is 5.84. The molecule has 3 N–H and O–H groups in total. The highest BCUT2D eigenvalue weighted by Gasteiger charge is 2.10. The fraction of sp³-hybridized carbons (Fsp3) is 0.0909. The first kappa shape index (κ1) is 14.0. The van der Waals surface area contributed by atoms with E-state index >= 15 is 0 Å². The molecule has 1 heterocycles. The first-order valence-corrected chi connectivity index (χ1v) is 6.32. The van der Waals surface area contributed by atoms with Crippen LogP contribution in [0, 0.1) is 0 Å². The van der Waals surface area contributed by atoms with E-state index in [4.69, 9.17) is 40.5 Å². The molecule has 0 spiro atoms. The molecule has 1 aromatic carbocycles. The van der Waals surface area contributed by atoms with Crippen LogP contribution in [0.25, 0.3) is 0 Å². The number of benzene rings is 1. The fourth-order valence-corrected chi connectivity index (χ4v) is 2.01. The molecule has 0 saturated heterocycles. The van der Waals surface area contributed by atoms with Gasteiger partial charge in [-0.1, -0.05) is 34.8 Å². The molecule has 0 aliphatic carbocycles. The van der Waals surface area contributed by atoms with Gasteiger partial charge in [0.05, 0.1) is 20.8 Å². The predicted octanol–water partition coefficient (Wildman–Crippen LogP) is 3.06. The van der Waals surface area contributed by atoms with Crippen molar-refractivity contribution in [2.45, 2.75) is 6.54 Å². The zero-order chi connectivity index (χ0) is 14.0.